The first kappa shape index (κ1) is 28.2. The van der Waals surface area contributed by atoms with E-state index in [2.05, 4.69) is 5.32 Å². The molecule has 11 heteroatoms. The minimum Gasteiger partial charge on any atom is -0.369 e. The fourth-order valence-electron chi connectivity index (χ4n) is 4.95. The Morgan fingerprint density at radius 2 is 1.76 bits per heavy atom. The second-order valence-corrected chi connectivity index (χ2v) is 10.8. The maximum Gasteiger partial charge on any atom is 0.389 e. The molecule has 0 unspecified atom stereocenters. The van der Waals surface area contributed by atoms with Crippen molar-refractivity contribution in [2.24, 2.45) is 23.5 Å². The zero-order valence-electron chi connectivity index (χ0n) is 20.4. The molecule has 0 bridgehead atoms. The normalized spacial score (nSPS) is 19.3. The van der Waals surface area contributed by atoms with Gasteiger partial charge in [0.15, 0.2) is 5.78 Å². The fourth-order valence-corrected chi connectivity index (χ4v) is 5.31. The highest BCUT2D eigenvalue weighted by Gasteiger charge is 2.41. The summed E-state index contributed by atoms with van der Waals surface area (Å²) >= 11 is 12.5. The van der Waals surface area contributed by atoms with E-state index >= 15 is 0 Å². The third-order valence-electron chi connectivity index (χ3n) is 7.16. The summed E-state index contributed by atoms with van der Waals surface area (Å²) in [5.74, 6) is -4.15. The molecule has 1 fully saturated rings. The maximum atomic E-state index is 13.5. The summed E-state index contributed by atoms with van der Waals surface area (Å²) in [7, 11) is 0. The standard InChI is InChI=1S/C27H28Cl2F3N3O3/c28-16-6-8-17(9-7-16)35-14-22(24(36)13-20-21(29)2-1-3-23(20)35)34-26(38)18(10-11-27(30,31)32)19(25(33)37)12-15-4-5-15/h1-3,6-9,15,18-19,22H,4-5,10-14H2,(H2,33,37)(H,34,38)/t18-,19+,22+/m1/s1. The lowest BCUT2D eigenvalue weighted by Crippen LogP contribution is -2.51. The van der Waals surface area contributed by atoms with Crippen molar-refractivity contribution in [1.82, 2.24) is 5.32 Å². The molecule has 1 aliphatic carbocycles. The molecule has 0 spiro atoms. The molecule has 2 aromatic rings. The van der Waals surface area contributed by atoms with Gasteiger partial charge in [0.25, 0.3) is 0 Å². The summed E-state index contributed by atoms with van der Waals surface area (Å²) in [6.45, 7) is 0.00933. The van der Waals surface area contributed by atoms with E-state index in [0.717, 1.165) is 12.8 Å². The van der Waals surface area contributed by atoms with E-state index in [1.54, 1.807) is 42.5 Å². The van der Waals surface area contributed by atoms with Crippen LogP contribution < -0.4 is 16.0 Å². The number of ketones is 1. The molecule has 2 aliphatic rings. The van der Waals surface area contributed by atoms with E-state index < -0.39 is 48.7 Å². The number of hydrogen-bond acceptors (Lipinski definition) is 4. The van der Waals surface area contributed by atoms with Gasteiger partial charge in [0, 0.05) is 51.7 Å². The Morgan fingerprint density at radius 3 is 2.37 bits per heavy atom. The molecule has 1 aliphatic heterocycles. The van der Waals surface area contributed by atoms with Crippen molar-refractivity contribution < 1.29 is 27.6 Å². The largest absolute Gasteiger partial charge is 0.389 e. The van der Waals surface area contributed by atoms with Gasteiger partial charge >= 0.3 is 6.18 Å². The number of carbonyl (C=O) groups is 3. The Kier molecular flexibility index (Phi) is 8.57. The molecule has 1 saturated carbocycles. The highest BCUT2D eigenvalue weighted by Crippen LogP contribution is 2.40. The fraction of sp³-hybridized carbons (Fsp3) is 0.444. The Hall–Kier alpha value is -2.78. The minimum atomic E-state index is -4.51. The molecule has 0 saturated heterocycles. The summed E-state index contributed by atoms with van der Waals surface area (Å²) in [5, 5.41) is 3.55. The van der Waals surface area contributed by atoms with Gasteiger partial charge in [-0.25, -0.2) is 0 Å². The molecule has 6 nitrogen and oxygen atoms in total. The van der Waals surface area contributed by atoms with Crippen molar-refractivity contribution in [2.75, 3.05) is 11.4 Å². The van der Waals surface area contributed by atoms with Gasteiger partial charge in [-0.05, 0) is 55.2 Å². The van der Waals surface area contributed by atoms with E-state index in [9.17, 15) is 27.6 Å². The van der Waals surface area contributed by atoms with Crippen molar-refractivity contribution in [2.45, 2.75) is 50.7 Å². The average Bonchev–Trinajstić information content (AvgIpc) is 3.67. The van der Waals surface area contributed by atoms with Crippen molar-refractivity contribution in [3.63, 3.8) is 0 Å². The van der Waals surface area contributed by atoms with Crippen LogP contribution in [0.5, 0.6) is 0 Å². The zero-order valence-corrected chi connectivity index (χ0v) is 22.0. The summed E-state index contributed by atoms with van der Waals surface area (Å²) in [4.78, 5) is 40.9. The van der Waals surface area contributed by atoms with Gasteiger partial charge in [0.1, 0.15) is 6.04 Å². The summed E-state index contributed by atoms with van der Waals surface area (Å²) in [6, 6.07) is 11.0. The Labute approximate surface area is 228 Å². The highest BCUT2D eigenvalue weighted by atomic mass is 35.5. The lowest BCUT2D eigenvalue weighted by molar-refractivity contribution is -0.146. The summed E-state index contributed by atoms with van der Waals surface area (Å²) < 4.78 is 39.4. The second-order valence-electron chi connectivity index (χ2n) is 9.98. The zero-order chi connectivity index (χ0) is 27.6. The van der Waals surface area contributed by atoms with Crippen LogP contribution in [-0.4, -0.2) is 36.4 Å². The van der Waals surface area contributed by atoms with Gasteiger partial charge < -0.3 is 16.0 Å². The van der Waals surface area contributed by atoms with Crippen LogP contribution in [0.25, 0.3) is 0 Å². The van der Waals surface area contributed by atoms with E-state index in [-0.39, 0.29) is 31.1 Å². The number of nitrogens with zero attached hydrogens (tertiary/aromatic N) is 1. The molecular weight excluding hydrogens is 542 g/mol. The van der Waals surface area contributed by atoms with Gasteiger partial charge in [-0.2, -0.15) is 13.2 Å². The van der Waals surface area contributed by atoms with Gasteiger partial charge in [-0.15, -0.1) is 0 Å². The highest BCUT2D eigenvalue weighted by molar-refractivity contribution is 6.32. The first-order valence-corrected chi connectivity index (χ1v) is 13.2. The number of halogens is 5. The third-order valence-corrected chi connectivity index (χ3v) is 7.76. The average molecular weight is 570 g/mol. The number of nitrogens with two attached hydrogens (primary N) is 1. The molecule has 0 aromatic heterocycles. The molecule has 4 rings (SSSR count). The number of anilines is 2. The maximum absolute atomic E-state index is 13.5. The van der Waals surface area contributed by atoms with Crippen molar-refractivity contribution in [3.8, 4) is 0 Å². The number of fused-ring (bicyclic) bond motifs is 1. The van der Waals surface area contributed by atoms with Crippen LogP contribution in [0.3, 0.4) is 0 Å². The molecule has 2 amide bonds. The number of alkyl halides is 3. The van der Waals surface area contributed by atoms with Crippen LogP contribution in [0.2, 0.25) is 10.0 Å². The quantitative estimate of drug-likeness (QED) is 0.411. The number of rotatable bonds is 9. The smallest absolute Gasteiger partial charge is 0.369 e. The van der Waals surface area contributed by atoms with Crippen LogP contribution in [0.4, 0.5) is 24.5 Å². The number of primary amides is 1. The molecule has 3 N–H and O–H groups in total. The predicted molar refractivity (Wildman–Crippen MR) is 139 cm³/mol. The van der Waals surface area contributed by atoms with Crippen LogP contribution in [0, 0.1) is 17.8 Å². The Bertz CT molecular complexity index is 1200. The Balaban J connectivity index is 1.63. The first-order chi connectivity index (χ1) is 17.9. The van der Waals surface area contributed by atoms with Crippen molar-refractivity contribution in [3.05, 3.63) is 58.1 Å². The molecule has 204 valence electrons. The van der Waals surface area contributed by atoms with Crippen LogP contribution >= 0.6 is 23.2 Å². The molecule has 3 atom stereocenters. The summed E-state index contributed by atoms with van der Waals surface area (Å²) in [6.07, 6.45) is -4.50. The topological polar surface area (TPSA) is 92.5 Å². The Morgan fingerprint density at radius 1 is 1.08 bits per heavy atom. The predicted octanol–water partition coefficient (Wildman–Crippen LogP) is 5.60. The van der Waals surface area contributed by atoms with Crippen molar-refractivity contribution in [1.29, 1.82) is 0 Å². The first-order valence-electron chi connectivity index (χ1n) is 12.4. The van der Waals surface area contributed by atoms with Gasteiger partial charge in [0.05, 0.1) is 6.54 Å². The molecule has 2 aromatic carbocycles. The lowest BCUT2D eigenvalue weighted by Gasteiger charge is -2.30. The molecule has 1 heterocycles. The van der Waals surface area contributed by atoms with Crippen LogP contribution in [0.1, 0.15) is 37.7 Å². The van der Waals surface area contributed by atoms with Crippen LogP contribution in [0.15, 0.2) is 42.5 Å². The van der Waals surface area contributed by atoms with Gasteiger partial charge in [-0.1, -0.05) is 42.1 Å². The number of benzene rings is 2. The number of amides is 2. The number of hydrogen-bond donors (Lipinski definition) is 2. The van der Waals surface area contributed by atoms with Crippen molar-refractivity contribution >= 4 is 52.2 Å². The van der Waals surface area contributed by atoms with Gasteiger partial charge in [-0.3, -0.25) is 14.4 Å². The number of nitrogens with one attached hydrogen (secondary N) is 1. The summed E-state index contributed by atoms with van der Waals surface area (Å²) in [5.41, 5.74) is 7.49. The van der Waals surface area contributed by atoms with E-state index in [1.165, 1.54) is 0 Å². The lowest BCUT2D eigenvalue weighted by atomic mass is 9.83. The third kappa shape index (κ3) is 6.99. The molecule has 0 radical (unpaired) electrons. The SMILES string of the molecule is NC(=O)[C@@H](CC1CC1)[C@@H](CCC(F)(F)F)C(=O)N[C@H]1CN(c2ccc(Cl)cc2)c2cccc(Cl)c2CC1=O. The van der Waals surface area contributed by atoms with E-state index in [1.807, 2.05) is 4.90 Å². The molecular formula is C27H28Cl2F3N3O3. The molecule has 38 heavy (non-hydrogen) atoms. The number of carbonyl (C=O) groups excluding carboxylic acids is 3. The second kappa shape index (κ2) is 11.5. The minimum absolute atomic E-state index is 0.00933. The number of Topliss-reactive ketones (excluding diaryl/α,β-unsaturated/α-hetero) is 1. The monoisotopic (exact) mass is 569 g/mol. The van der Waals surface area contributed by atoms with Crippen LogP contribution in [-0.2, 0) is 20.8 Å². The van der Waals surface area contributed by atoms with Gasteiger partial charge in [0.2, 0.25) is 11.8 Å². The van der Waals surface area contributed by atoms with E-state index in [0.29, 0.717) is 27.0 Å². The van der Waals surface area contributed by atoms with E-state index in [4.69, 9.17) is 28.9 Å².